The fourth-order valence-corrected chi connectivity index (χ4v) is 3.46. The van der Waals surface area contributed by atoms with Crippen molar-refractivity contribution in [1.82, 2.24) is 0 Å². The minimum absolute atomic E-state index is 0.0668. The summed E-state index contributed by atoms with van der Waals surface area (Å²) in [4.78, 5) is 29.7. The Balaban J connectivity index is 1.62. The standard InChI is InChI=1S/C27H23NO8/c1-31-19-11-9-16(10-12-19)25-28-20(27(30)36-25)13-17-7-5-6-8-21(17)35-26(29)18-14-22(32-2)24(34-4)23(15-18)33-3/h5-15H,1-4H3. The van der Waals surface area contributed by atoms with Gasteiger partial charge in [0.2, 0.25) is 11.6 Å². The molecule has 0 aliphatic carbocycles. The van der Waals surface area contributed by atoms with Crippen molar-refractivity contribution in [2.45, 2.75) is 0 Å². The normalized spacial score (nSPS) is 13.6. The van der Waals surface area contributed by atoms with Gasteiger partial charge < -0.3 is 28.4 Å². The summed E-state index contributed by atoms with van der Waals surface area (Å²) >= 11 is 0. The first kappa shape index (κ1) is 24.3. The van der Waals surface area contributed by atoms with Crippen molar-refractivity contribution in [3.63, 3.8) is 0 Å². The van der Waals surface area contributed by atoms with Gasteiger partial charge in [0.15, 0.2) is 17.2 Å². The van der Waals surface area contributed by atoms with Crippen LogP contribution in [0.25, 0.3) is 6.08 Å². The number of carbonyl (C=O) groups excluding carboxylic acids is 2. The average Bonchev–Trinajstić information content (AvgIpc) is 3.28. The zero-order valence-corrected chi connectivity index (χ0v) is 20.1. The van der Waals surface area contributed by atoms with Gasteiger partial charge in [0, 0.05) is 11.1 Å². The lowest BCUT2D eigenvalue weighted by Crippen LogP contribution is -2.10. The third-order valence-electron chi connectivity index (χ3n) is 5.27. The Morgan fingerprint density at radius 3 is 2.11 bits per heavy atom. The van der Waals surface area contributed by atoms with Crippen LogP contribution >= 0.6 is 0 Å². The van der Waals surface area contributed by atoms with Gasteiger partial charge in [-0.05, 0) is 48.5 Å². The SMILES string of the molecule is COc1ccc(C2=NC(=Cc3ccccc3OC(=O)c3cc(OC)c(OC)c(OC)c3)C(=O)O2)cc1. The van der Waals surface area contributed by atoms with Crippen LogP contribution in [0.15, 0.2) is 71.4 Å². The van der Waals surface area contributed by atoms with Crippen molar-refractivity contribution >= 4 is 23.9 Å². The molecule has 9 nitrogen and oxygen atoms in total. The Morgan fingerprint density at radius 1 is 0.833 bits per heavy atom. The van der Waals surface area contributed by atoms with Crippen LogP contribution in [0.1, 0.15) is 21.5 Å². The highest BCUT2D eigenvalue weighted by atomic mass is 16.6. The van der Waals surface area contributed by atoms with Gasteiger partial charge in [-0.25, -0.2) is 14.6 Å². The fourth-order valence-electron chi connectivity index (χ4n) is 3.46. The van der Waals surface area contributed by atoms with Crippen LogP contribution < -0.4 is 23.7 Å². The van der Waals surface area contributed by atoms with Crippen LogP contribution in [-0.2, 0) is 9.53 Å². The van der Waals surface area contributed by atoms with Crippen LogP contribution in [0, 0.1) is 0 Å². The van der Waals surface area contributed by atoms with E-state index in [2.05, 4.69) is 4.99 Å². The van der Waals surface area contributed by atoms with E-state index < -0.39 is 11.9 Å². The van der Waals surface area contributed by atoms with E-state index in [1.807, 2.05) is 0 Å². The molecule has 9 heteroatoms. The highest BCUT2D eigenvalue weighted by molar-refractivity contribution is 6.13. The largest absolute Gasteiger partial charge is 0.497 e. The Morgan fingerprint density at radius 2 is 1.50 bits per heavy atom. The van der Waals surface area contributed by atoms with E-state index in [-0.39, 0.29) is 22.9 Å². The molecule has 0 bridgehead atoms. The summed E-state index contributed by atoms with van der Waals surface area (Å²) < 4.78 is 32.0. The molecule has 0 atom stereocenters. The number of para-hydroxylation sites is 1. The Labute approximate surface area is 207 Å². The second kappa shape index (κ2) is 10.6. The first-order chi connectivity index (χ1) is 17.5. The molecular formula is C27H23NO8. The second-order valence-electron chi connectivity index (χ2n) is 7.41. The number of ether oxygens (including phenoxy) is 6. The molecule has 1 aliphatic rings. The van der Waals surface area contributed by atoms with E-state index in [9.17, 15) is 9.59 Å². The summed E-state index contributed by atoms with van der Waals surface area (Å²) in [6, 6.07) is 16.7. The summed E-state index contributed by atoms with van der Waals surface area (Å²) in [6.45, 7) is 0. The van der Waals surface area contributed by atoms with Gasteiger partial charge in [0.25, 0.3) is 0 Å². The Bertz CT molecular complexity index is 1330. The quantitative estimate of drug-likeness (QED) is 0.262. The number of benzene rings is 3. The molecule has 3 aromatic rings. The van der Waals surface area contributed by atoms with Crippen LogP contribution in [0.5, 0.6) is 28.7 Å². The molecule has 1 heterocycles. The Kier molecular flexibility index (Phi) is 7.20. The van der Waals surface area contributed by atoms with Gasteiger partial charge in [-0.3, -0.25) is 0 Å². The number of nitrogens with zero attached hydrogens (tertiary/aromatic N) is 1. The summed E-state index contributed by atoms with van der Waals surface area (Å²) in [5, 5.41) is 0. The third-order valence-corrected chi connectivity index (χ3v) is 5.27. The highest BCUT2D eigenvalue weighted by Gasteiger charge is 2.25. The van der Waals surface area contributed by atoms with Gasteiger partial charge in [0.1, 0.15) is 11.5 Å². The minimum Gasteiger partial charge on any atom is -0.497 e. The lowest BCUT2D eigenvalue weighted by Gasteiger charge is -2.14. The van der Waals surface area contributed by atoms with Gasteiger partial charge >= 0.3 is 11.9 Å². The van der Waals surface area contributed by atoms with Crippen molar-refractivity contribution in [3.8, 4) is 28.7 Å². The molecule has 0 aromatic heterocycles. The number of esters is 2. The zero-order chi connectivity index (χ0) is 25.7. The molecule has 0 saturated carbocycles. The molecule has 0 spiro atoms. The van der Waals surface area contributed by atoms with E-state index in [0.717, 1.165) is 0 Å². The van der Waals surface area contributed by atoms with Gasteiger partial charge in [-0.1, -0.05) is 18.2 Å². The number of aliphatic imine (C=N–C) groups is 1. The molecule has 3 aromatic carbocycles. The molecular weight excluding hydrogens is 466 g/mol. The molecule has 0 unspecified atom stereocenters. The number of rotatable bonds is 8. The highest BCUT2D eigenvalue weighted by Crippen LogP contribution is 2.38. The van der Waals surface area contributed by atoms with Crippen LogP contribution in [0.2, 0.25) is 0 Å². The topological polar surface area (TPSA) is 102 Å². The van der Waals surface area contributed by atoms with Gasteiger partial charge in [0.05, 0.1) is 34.0 Å². The summed E-state index contributed by atoms with van der Waals surface area (Å²) in [7, 11) is 5.94. The van der Waals surface area contributed by atoms with Crippen molar-refractivity contribution in [1.29, 1.82) is 0 Å². The average molecular weight is 489 g/mol. The number of cyclic esters (lactones) is 1. The van der Waals surface area contributed by atoms with Crippen molar-refractivity contribution in [2.75, 3.05) is 28.4 Å². The number of hydrogen-bond donors (Lipinski definition) is 0. The zero-order valence-electron chi connectivity index (χ0n) is 20.1. The van der Waals surface area contributed by atoms with Crippen LogP contribution in [-0.4, -0.2) is 46.3 Å². The third kappa shape index (κ3) is 5.00. The summed E-state index contributed by atoms with van der Waals surface area (Å²) in [6.07, 6.45) is 1.50. The minimum atomic E-state index is -0.656. The molecule has 4 rings (SSSR count). The van der Waals surface area contributed by atoms with E-state index in [1.165, 1.54) is 39.5 Å². The Hall–Kier alpha value is -4.79. The molecule has 1 aliphatic heterocycles. The maximum Gasteiger partial charge on any atom is 0.363 e. The first-order valence-electron chi connectivity index (χ1n) is 10.8. The summed E-state index contributed by atoms with van der Waals surface area (Å²) in [5.74, 6) is 0.768. The fraction of sp³-hybridized carbons (Fsp3) is 0.148. The summed E-state index contributed by atoms with van der Waals surface area (Å²) in [5.41, 5.74) is 1.34. The lowest BCUT2D eigenvalue weighted by molar-refractivity contribution is -0.129. The van der Waals surface area contributed by atoms with Gasteiger partial charge in [-0.2, -0.15) is 0 Å². The predicted octanol–water partition coefficient (Wildman–Crippen LogP) is 4.28. The molecule has 184 valence electrons. The van der Waals surface area contributed by atoms with E-state index in [4.69, 9.17) is 28.4 Å². The second-order valence-corrected chi connectivity index (χ2v) is 7.41. The molecule has 0 N–H and O–H groups in total. The van der Waals surface area contributed by atoms with Crippen LogP contribution in [0.3, 0.4) is 0 Å². The monoisotopic (exact) mass is 489 g/mol. The van der Waals surface area contributed by atoms with Crippen molar-refractivity contribution in [2.24, 2.45) is 4.99 Å². The molecule has 0 saturated heterocycles. The molecule has 0 fully saturated rings. The van der Waals surface area contributed by atoms with Gasteiger partial charge in [-0.15, -0.1) is 0 Å². The lowest BCUT2D eigenvalue weighted by atomic mass is 10.1. The van der Waals surface area contributed by atoms with Crippen LogP contribution in [0.4, 0.5) is 0 Å². The predicted molar refractivity (Wildman–Crippen MR) is 131 cm³/mol. The van der Waals surface area contributed by atoms with Crippen molar-refractivity contribution < 1.29 is 38.0 Å². The van der Waals surface area contributed by atoms with E-state index in [0.29, 0.717) is 34.1 Å². The molecule has 0 amide bonds. The smallest absolute Gasteiger partial charge is 0.363 e. The molecule has 36 heavy (non-hydrogen) atoms. The first-order valence-corrected chi connectivity index (χ1v) is 10.8. The molecule has 0 radical (unpaired) electrons. The number of carbonyl (C=O) groups is 2. The number of hydrogen-bond acceptors (Lipinski definition) is 9. The number of methoxy groups -OCH3 is 4. The van der Waals surface area contributed by atoms with E-state index in [1.54, 1.807) is 55.6 Å². The maximum absolute atomic E-state index is 13.0. The van der Waals surface area contributed by atoms with Crippen molar-refractivity contribution in [3.05, 3.63) is 83.1 Å². The van der Waals surface area contributed by atoms with E-state index >= 15 is 0 Å². The maximum atomic E-state index is 13.0.